The molecule has 0 amide bonds. The molecule has 5 heavy (non-hydrogen) atoms. The third-order valence-corrected chi connectivity index (χ3v) is 0. The molecule has 0 atom stereocenters. The fourth-order valence-corrected chi connectivity index (χ4v) is 0. The molecule has 0 saturated heterocycles. The summed E-state index contributed by atoms with van der Waals surface area (Å²) in [5.41, 5.74) is 0. The van der Waals surface area contributed by atoms with Crippen LogP contribution in [-0.4, -0.2) is 0 Å². The first-order valence-corrected chi connectivity index (χ1v) is 0. The van der Waals surface area contributed by atoms with Gasteiger partial charge in [0, 0.05) is 77.2 Å². The Morgan fingerprint density at radius 2 is 1.00 bits per heavy atom. The van der Waals surface area contributed by atoms with Crippen LogP contribution in [0.4, 0.5) is 0 Å². The Morgan fingerprint density at radius 1 is 1.00 bits per heavy atom. The van der Waals surface area contributed by atoms with Crippen LogP contribution < -0.4 is 0 Å². The maximum absolute atomic E-state index is 0. The zero-order valence-electron chi connectivity index (χ0n) is 1.62. The number of hydrogen-bond acceptors (Lipinski definition) is 0. The van der Waals surface area contributed by atoms with Crippen LogP contribution in [-0.2, 0) is 77.2 Å². The molecule has 35 valence electrons. The summed E-state index contributed by atoms with van der Waals surface area (Å²) in [4.78, 5) is 0. The van der Waals surface area contributed by atoms with Crippen molar-refractivity contribution in [3.63, 3.8) is 0 Å². The van der Waals surface area contributed by atoms with E-state index in [-0.39, 0.29) is 84.6 Å². The van der Waals surface area contributed by atoms with E-state index in [0.717, 1.165) is 0 Å². The summed E-state index contributed by atoms with van der Waals surface area (Å²) >= 11 is 0. The minimum Gasteiger partial charge on any atom is -0.0776 e. The van der Waals surface area contributed by atoms with E-state index >= 15 is 0 Å². The predicted octanol–water partition coefficient (Wildman–Crippen LogP) is 0.626. The molecule has 0 aliphatic carbocycles. The summed E-state index contributed by atoms with van der Waals surface area (Å²) in [5, 5.41) is 0. The van der Waals surface area contributed by atoms with Crippen molar-refractivity contribution in [2.75, 3.05) is 0 Å². The van der Waals surface area contributed by atoms with Crippen molar-refractivity contribution in [3.8, 4) is 0 Å². The molecule has 0 spiro atoms. The van der Waals surface area contributed by atoms with E-state index in [1.165, 1.54) is 0 Å². The number of rotatable bonds is 0. The Kier molecular flexibility index (Phi) is 329. The van der Waals surface area contributed by atoms with Gasteiger partial charge in [-0.3, -0.25) is 0 Å². The molecule has 0 fully saturated rings. The van der Waals surface area contributed by atoms with Gasteiger partial charge in [-0.1, -0.05) is 7.43 Å². The first kappa shape index (κ1) is 51.5. The van der Waals surface area contributed by atoms with Gasteiger partial charge < -0.3 is 0 Å². The van der Waals surface area contributed by atoms with E-state index in [1.807, 2.05) is 0 Å². The Morgan fingerprint density at radius 3 is 1.00 bits per heavy atom. The standard InChI is InChI=1S/CH4.Cr.Cu.Ti.W/h1H4;;;;. The van der Waals surface area contributed by atoms with E-state index in [0.29, 0.717) is 0 Å². The van der Waals surface area contributed by atoms with Crippen molar-refractivity contribution < 1.29 is 77.2 Å². The van der Waals surface area contributed by atoms with Crippen LogP contribution in [0.3, 0.4) is 0 Å². The second-order valence-electron chi connectivity index (χ2n) is 0. The van der Waals surface area contributed by atoms with Gasteiger partial charge in [-0.15, -0.1) is 0 Å². The van der Waals surface area contributed by atoms with Gasteiger partial charge in [0.1, 0.15) is 0 Å². The van der Waals surface area contributed by atoms with Crippen molar-refractivity contribution in [3.05, 3.63) is 0 Å². The van der Waals surface area contributed by atoms with E-state index in [1.54, 1.807) is 0 Å². The summed E-state index contributed by atoms with van der Waals surface area (Å²) in [6, 6.07) is 0. The van der Waals surface area contributed by atoms with E-state index in [4.69, 9.17) is 0 Å². The van der Waals surface area contributed by atoms with Crippen LogP contribution in [0.2, 0.25) is 0 Å². The molecular formula is CH4CrCuTiW. The monoisotopic (exact) mass is 363 g/mol. The molecule has 0 rings (SSSR count). The van der Waals surface area contributed by atoms with E-state index < -0.39 is 0 Å². The maximum atomic E-state index is 0. The van der Waals surface area contributed by atoms with Crippen molar-refractivity contribution in [1.29, 1.82) is 0 Å². The number of hydrogen-bond donors (Lipinski definition) is 0. The molecule has 4 heteroatoms. The Hall–Kier alpha value is 2.45. The molecule has 0 aromatic rings. The van der Waals surface area contributed by atoms with Crippen LogP contribution in [0.15, 0.2) is 0 Å². The van der Waals surface area contributed by atoms with Crippen LogP contribution >= 0.6 is 0 Å². The quantitative estimate of drug-likeness (QED) is 0.554. The molecule has 0 saturated carbocycles. The topological polar surface area (TPSA) is 0 Å². The summed E-state index contributed by atoms with van der Waals surface area (Å²) in [6.07, 6.45) is 0. The Balaban J connectivity index is 0. The van der Waals surface area contributed by atoms with E-state index in [9.17, 15) is 0 Å². The molecule has 0 bridgehead atoms. The normalized spacial score (nSPS) is 0. The smallest absolute Gasteiger partial charge is 0 e. The van der Waals surface area contributed by atoms with Crippen LogP contribution in [0.5, 0.6) is 0 Å². The van der Waals surface area contributed by atoms with Gasteiger partial charge in [0.15, 0.2) is 0 Å². The van der Waals surface area contributed by atoms with Crippen molar-refractivity contribution in [2.24, 2.45) is 0 Å². The molecule has 0 N–H and O–H groups in total. The average molecular weight is 363 g/mol. The van der Waals surface area contributed by atoms with Gasteiger partial charge in [-0.25, -0.2) is 0 Å². The first-order chi connectivity index (χ1) is 0. The van der Waals surface area contributed by atoms with Crippen molar-refractivity contribution in [1.82, 2.24) is 0 Å². The molecule has 0 aliphatic rings. The summed E-state index contributed by atoms with van der Waals surface area (Å²) < 4.78 is 0. The minimum atomic E-state index is 0. The zero-order chi connectivity index (χ0) is 0. The predicted molar refractivity (Wildman–Crippen MR) is 6.73 cm³/mol. The molecule has 0 nitrogen and oxygen atoms in total. The Labute approximate surface area is 83.6 Å². The fraction of sp³-hybridized carbons (Fsp3) is 1.00. The molecule has 0 aromatic heterocycles. The second kappa shape index (κ2) is 31.9. The summed E-state index contributed by atoms with van der Waals surface area (Å²) in [6.45, 7) is 0. The van der Waals surface area contributed by atoms with Crippen molar-refractivity contribution >= 4 is 0 Å². The summed E-state index contributed by atoms with van der Waals surface area (Å²) in [7, 11) is 0. The first-order valence-electron chi connectivity index (χ1n) is 0. The van der Waals surface area contributed by atoms with Crippen LogP contribution in [0, 0.1) is 0 Å². The van der Waals surface area contributed by atoms with E-state index in [2.05, 4.69) is 0 Å². The molecule has 0 unspecified atom stereocenters. The molecule has 1 radical (unpaired) electrons. The molecule has 0 aliphatic heterocycles. The maximum Gasteiger partial charge on any atom is 0 e. The molecule has 0 aromatic carbocycles. The van der Waals surface area contributed by atoms with Gasteiger partial charge >= 0.3 is 0 Å². The molecule has 0 heterocycles. The van der Waals surface area contributed by atoms with Gasteiger partial charge in [-0.05, 0) is 0 Å². The minimum absolute atomic E-state index is 0. The molecular weight excluding hydrogens is 359 g/mol. The Bertz CT molecular complexity index is 11.6. The van der Waals surface area contributed by atoms with Crippen molar-refractivity contribution in [2.45, 2.75) is 7.43 Å². The third kappa shape index (κ3) is 21.3. The van der Waals surface area contributed by atoms with Gasteiger partial charge in [0.05, 0.1) is 0 Å². The van der Waals surface area contributed by atoms with Gasteiger partial charge in [-0.2, -0.15) is 0 Å². The van der Waals surface area contributed by atoms with Crippen LogP contribution in [0.25, 0.3) is 0 Å². The average Bonchev–Trinajstić information content (AvgIpc) is 0. The van der Waals surface area contributed by atoms with Crippen LogP contribution in [0.1, 0.15) is 7.43 Å². The SMILES string of the molecule is C.[Cr].[Cu].[Ti].[W]. The fourth-order valence-electron chi connectivity index (χ4n) is 0. The third-order valence-electron chi connectivity index (χ3n) is 0. The van der Waals surface area contributed by atoms with Gasteiger partial charge in [0.2, 0.25) is 0 Å². The largest absolute Gasteiger partial charge is 0.0776 e. The summed E-state index contributed by atoms with van der Waals surface area (Å²) in [5.74, 6) is 0. The zero-order valence-corrected chi connectivity index (χ0v) is 8.33. The second-order valence-corrected chi connectivity index (χ2v) is 0. The van der Waals surface area contributed by atoms with Gasteiger partial charge in [0.25, 0.3) is 0 Å².